The molecule has 1 N–H and O–H groups in total. The van der Waals surface area contributed by atoms with Crippen LogP contribution in [0.3, 0.4) is 0 Å². The molecule has 0 aliphatic rings. The van der Waals surface area contributed by atoms with Gasteiger partial charge >= 0.3 is 5.69 Å². The number of hydrogen-bond acceptors (Lipinski definition) is 3. The van der Waals surface area contributed by atoms with Crippen molar-refractivity contribution >= 4 is 0 Å². The molecule has 1 heterocycles. The summed E-state index contributed by atoms with van der Waals surface area (Å²) < 4.78 is 2.62. The fraction of sp³-hybridized carbons (Fsp3) is 0.714. The molecule has 1 aromatic heterocycles. The van der Waals surface area contributed by atoms with Crippen molar-refractivity contribution in [1.82, 2.24) is 14.5 Å². The SMILES string of the molecule is CC(CNCc1cc(=O)n(C)c(=O)n1C)C(C)(C)C. The van der Waals surface area contributed by atoms with Crippen LogP contribution in [0.25, 0.3) is 0 Å². The van der Waals surface area contributed by atoms with Crippen LogP contribution in [0, 0.1) is 11.3 Å². The van der Waals surface area contributed by atoms with Gasteiger partial charge in [0.15, 0.2) is 0 Å². The predicted molar refractivity (Wildman–Crippen MR) is 77.2 cm³/mol. The number of nitrogens with one attached hydrogen (secondary N) is 1. The molecule has 0 saturated carbocycles. The topological polar surface area (TPSA) is 56.0 Å². The number of rotatable bonds is 4. The second kappa shape index (κ2) is 5.74. The van der Waals surface area contributed by atoms with E-state index in [0.29, 0.717) is 18.2 Å². The van der Waals surface area contributed by atoms with Crippen molar-refractivity contribution < 1.29 is 0 Å². The average molecular weight is 267 g/mol. The van der Waals surface area contributed by atoms with Gasteiger partial charge in [0.2, 0.25) is 0 Å². The summed E-state index contributed by atoms with van der Waals surface area (Å²) in [4.78, 5) is 23.4. The third-order valence-corrected chi connectivity index (χ3v) is 3.86. The molecular weight excluding hydrogens is 242 g/mol. The Kier molecular flexibility index (Phi) is 4.74. The molecule has 0 aromatic carbocycles. The molecule has 0 aliphatic heterocycles. The maximum absolute atomic E-state index is 11.8. The van der Waals surface area contributed by atoms with E-state index in [1.807, 2.05) is 0 Å². The van der Waals surface area contributed by atoms with Crippen LogP contribution in [0.1, 0.15) is 33.4 Å². The van der Waals surface area contributed by atoms with Gasteiger partial charge in [0.05, 0.1) is 0 Å². The summed E-state index contributed by atoms with van der Waals surface area (Å²) in [5.74, 6) is 0.510. The molecule has 1 aromatic rings. The van der Waals surface area contributed by atoms with Gasteiger partial charge in [0.1, 0.15) is 0 Å². The molecule has 1 rings (SSSR count). The Morgan fingerprint density at radius 1 is 1.21 bits per heavy atom. The first-order valence-corrected chi connectivity index (χ1v) is 6.61. The lowest BCUT2D eigenvalue weighted by atomic mass is 9.82. The first kappa shape index (κ1) is 15.7. The van der Waals surface area contributed by atoms with Gasteiger partial charge < -0.3 is 5.32 Å². The van der Waals surface area contributed by atoms with Crippen molar-refractivity contribution in [2.24, 2.45) is 25.4 Å². The van der Waals surface area contributed by atoms with Crippen LogP contribution in [0.5, 0.6) is 0 Å². The van der Waals surface area contributed by atoms with Crippen molar-refractivity contribution in [3.63, 3.8) is 0 Å². The van der Waals surface area contributed by atoms with E-state index in [4.69, 9.17) is 0 Å². The van der Waals surface area contributed by atoms with Crippen molar-refractivity contribution in [1.29, 1.82) is 0 Å². The first-order chi connectivity index (χ1) is 8.64. The first-order valence-electron chi connectivity index (χ1n) is 6.61. The van der Waals surface area contributed by atoms with Crippen molar-refractivity contribution in [2.75, 3.05) is 6.54 Å². The van der Waals surface area contributed by atoms with Gasteiger partial charge in [-0.3, -0.25) is 13.9 Å². The van der Waals surface area contributed by atoms with E-state index in [2.05, 4.69) is 33.0 Å². The average Bonchev–Trinajstić information content (AvgIpc) is 2.31. The van der Waals surface area contributed by atoms with Crippen LogP contribution >= 0.6 is 0 Å². The molecular formula is C14H25N3O2. The zero-order valence-corrected chi connectivity index (χ0v) is 12.8. The van der Waals surface area contributed by atoms with Crippen LogP contribution in [0.4, 0.5) is 0 Å². The van der Waals surface area contributed by atoms with Crippen LogP contribution < -0.4 is 16.6 Å². The molecule has 108 valence electrons. The van der Waals surface area contributed by atoms with E-state index >= 15 is 0 Å². The zero-order chi connectivity index (χ0) is 14.8. The molecule has 0 bridgehead atoms. The monoisotopic (exact) mass is 267 g/mol. The Labute approximate surface area is 114 Å². The maximum Gasteiger partial charge on any atom is 0.330 e. The largest absolute Gasteiger partial charge is 0.330 e. The van der Waals surface area contributed by atoms with Crippen LogP contribution in [-0.4, -0.2) is 15.7 Å². The summed E-state index contributed by atoms with van der Waals surface area (Å²) in [6, 6.07) is 1.51. The lowest BCUT2D eigenvalue weighted by Gasteiger charge is -2.27. The Bertz CT molecular complexity index is 549. The van der Waals surface area contributed by atoms with Crippen molar-refractivity contribution in [3.8, 4) is 0 Å². The number of aromatic nitrogens is 2. The van der Waals surface area contributed by atoms with Crippen LogP contribution in [0.2, 0.25) is 0 Å². The predicted octanol–water partition coefficient (Wildman–Crippen LogP) is 0.856. The molecule has 5 heteroatoms. The standard InChI is InChI=1S/C14H25N3O2/c1-10(14(2,3)4)8-15-9-11-7-12(18)17(6)13(19)16(11)5/h7,10,15H,8-9H2,1-6H3. The second-order valence-corrected chi connectivity index (χ2v) is 6.27. The quantitative estimate of drug-likeness (QED) is 0.880. The van der Waals surface area contributed by atoms with Gasteiger partial charge in [-0.05, 0) is 17.9 Å². The Balaban J connectivity index is 2.75. The molecule has 1 unspecified atom stereocenters. The summed E-state index contributed by atoms with van der Waals surface area (Å²) in [6.45, 7) is 10.2. The third kappa shape index (κ3) is 3.80. The Morgan fingerprint density at radius 3 is 2.32 bits per heavy atom. The highest BCUT2D eigenvalue weighted by molar-refractivity contribution is 5.01. The fourth-order valence-electron chi connectivity index (χ4n) is 1.67. The molecule has 0 amide bonds. The Hall–Kier alpha value is -1.36. The normalized spacial score (nSPS) is 13.6. The number of nitrogens with zero attached hydrogens (tertiary/aromatic N) is 2. The molecule has 5 nitrogen and oxygen atoms in total. The highest BCUT2D eigenvalue weighted by Gasteiger charge is 2.19. The minimum Gasteiger partial charge on any atom is -0.311 e. The van der Waals surface area contributed by atoms with Gasteiger partial charge in [-0.2, -0.15) is 0 Å². The highest BCUT2D eigenvalue weighted by atomic mass is 16.2. The molecule has 0 fully saturated rings. The fourth-order valence-corrected chi connectivity index (χ4v) is 1.67. The van der Waals surface area contributed by atoms with Gasteiger partial charge in [-0.15, -0.1) is 0 Å². The summed E-state index contributed by atoms with van der Waals surface area (Å²) >= 11 is 0. The lowest BCUT2D eigenvalue weighted by molar-refractivity contribution is 0.252. The van der Waals surface area contributed by atoms with E-state index in [1.165, 1.54) is 17.7 Å². The van der Waals surface area contributed by atoms with Gasteiger partial charge in [0.25, 0.3) is 5.56 Å². The molecule has 19 heavy (non-hydrogen) atoms. The smallest absolute Gasteiger partial charge is 0.311 e. The molecule has 0 saturated heterocycles. The summed E-state index contributed by atoms with van der Waals surface area (Å²) in [7, 11) is 3.18. The van der Waals surface area contributed by atoms with E-state index < -0.39 is 0 Å². The molecule has 0 radical (unpaired) electrons. The molecule has 1 atom stereocenters. The minimum absolute atomic E-state index is 0.242. The molecule has 0 spiro atoms. The summed E-state index contributed by atoms with van der Waals surface area (Å²) in [6.07, 6.45) is 0. The summed E-state index contributed by atoms with van der Waals surface area (Å²) in [5, 5.41) is 3.31. The van der Waals surface area contributed by atoms with E-state index in [0.717, 1.165) is 11.1 Å². The van der Waals surface area contributed by atoms with Crippen molar-refractivity contribution in [2.45, 2.75) is 34.2 Å². The maximum atomic E-state index is 11.8. The van der Waals surface area contributed by atoms with Crippen molar-refractivity contribution in [3.05, 3.63) is 32.6 Å². The van der Waals surface area contributed by atoms with E-state index in [1.54, 1.807) is 7.05 Å². The second-order valence-electron chi connectivity index (χ2n) is 6.27. The van der Waals surface area contributed by atoms with E-state index in [9.17, 15) is 9.59 Å². The van der Waals surface area contributed by atoms with Crippen LogP contribution in [0.15, 0.2) is 15.7 Å². The van der Waals surface area contributed by atoms with Gasteiger partial charge in [0, 0.05) is 32.4 Å². The van der Waals surface area contributed by atoms with E-state index in [-0.39, 0.29) is 16.7 Å². The Morgan fingerprint density at radius 2 is 1.79 bits per heavy atom. The highest BCUT2D eigenvalue weighted by Crippen LogP contribution is 2.24. The van der Waals surface area contributed by atoms with Gasteiger partial charge in [-0.1, -0.05) is 27.7 Å². The van der Waals surface area contributed by atoms with Crippen LogP contribution in [-0.2, 0) is 20.6 Å². The zero-order valence-electron chi connectivity index (χ0n) is 12.8. The van der Waals surface area contributed by atoms with Gasteiger partial charge in [-0.25, -0.2) is 4.79 Å². The third-order valence-electron chi connectivity index (χ3n) is 3.86. The minimum atomic E-state index is -0.284. The number of hydrogen-bond donors (Lipinski definition) is 1. The lowest BCUT2D eigenvalue weighted by Crippen LogP contribution is -2.39. The summed E-state index contributed by atoms with van der Waals surface area (Å²) in [5.41, 5.74) is 0.414. The molecule has 0 aliphatic carbocycles.